The summed E-state index contributed by atoms with van der Waals surface area (Å²) in [6, 6.07) is 5.06. The molecule has 0 radical (unpaired) electrons. The molecular weight excluding hydrogens is 307 g/mol. The first-order chi connectivity index (χ1) is 7.99. The summed E-state index contributed by atoms with van der Waals surface area (Å²) in [6.45, 7) is 0.422. The quantitative estimate of drug-likeness (QED) is 0.794. The largest absolute Gasteiger partial charge is 0.326 e. The average Bonchev–Trinajstić information content (AvgIpc) is 2.58. The molecule has 0 aromatic heterocycles. The Hall–Kier alpha value is -1.07. The number of hydrogen-bond acceptors (Lipinski definition) is 2. The molecule has 4 nitrogen and oxygen atoms in total. The van der Waals surface area contributed by atoms with Crippen molar-refractivity contribution in [1.82, 2.24) is 9.80 Å². The molecule has 0 spiro atoms. The lowest BCUT2D eigenvalue weighted by molar-refractivity contribution is -0.125. The summed E-state index contributed by atoms with van der Waals surface area (Å²) in [5.74, 6) is -0.285. The number of halogens is 2. The lowest BCUT2D eigenvalue weighted by atomic mass is 10.2. The first kappa shape index (κ1) is 12.4. The van der Waals surface area contributed by atoms with Crippen LogP contribution in [0.3, 0.4) is 0 Å². The topological polar surface area (TPSA) is 40.6 Å². The molecule has 1 aliphatic rings. The molecule has 0 unspecified atom stereocenters. The van der Waals surface area contributed by atoms with Gasteiger partial charge in [0.1, 0.15) is 6.54 Å². The van der Waals surface area contributed by atoms with Crippen LogP contribution in [0.15, 0.2) is 22.7 Å². The number of carbonyl (C=O) groups excluding carboxylic acids is 2. The normalized spacial score (nSPS) is 15.6. The second-order valence-corrected chi connectivity index (χ2v) is 5.18. The van der Waals surface area contributed by atoms with Crippen molar-refractivity contribution in [1.29, 1.82) is 0 Å². The van der Waals surface area contributed by atoms with Gasteiger partial charge in [0.25, 0.3) is 5.91 Å². The number of likely N-dealkylation sites (N-methyl/N-ethyl adjacent to an activating group) is 1. The molecule has 17 heavy (non-hydrogen) atoms. The maximum absolute atomic E-state index is 12.1. The van der Waals surface area contributed by atoms with Gasteiger partial charge in [-0.25, -0.2) is 0 Å². The van der Waals surface area contributed by atoms with Crippen molar-refractivity contribution in [3.63, 3.8) is 0 Å². The monoisotopic (exact) mass is 316 g/mol. The van der Waals surface area contributed by atoms with Crippen molar-refractivity contribution in [3.8, 4) is 0 Å². The van der Waals surface area contributed by atoms with E-state index >= 15 is 0 Å². The Balaban J connectivity index is 2.23. The molecule has 2 rings (SSSR count). The standard InChI is InChI=1S/C11H10BrClN2O2/c1-14-6-15(5-10(14)16)11(17)8-3-2-7(12)4-9(8)13/h2-4H,5-6H2,1H3. The molecule has 6 heteroatoms. The minimum Gasteiger partial charge on any atom is -0.326 e. The van der Waals surface area contributed by atoms with Gasteiger partial charge in [-0.3, -0.25) is 9.59 Å². The van der Waals surface area contributed by atoms with Gasteiger partial charge in [-0.05, 0) is 18.2 Å². The maximum atomic E-state index is 12.1. The SMILES string of the molecule is CN1CN(C(=O)c2ccc(Br)cc2Cl)CC1=O. The Labute approximate surface area is 112 Å². The zero-order valence-electron chi connectivity index (χ0n) is 9.11. The Morgan fingerprint density at radius 2 is 2.18 bits per heavy atom. The van der Waals surface area contributed by atoms with Crippen LogP contribution < -0.4 is 0 Å². The van der Waals surface area contributed by atoms with E-state index in [1.54, 1.807) is 25.2 Å². The fraction of sp³-hybridized carbons (Fsp3) is 0.273. The predicted octanol–water partition coefficient (Wildman–Crippen LogP) is 1.97. The molecule has 1 heterocycles. The summed E-state index contributed by atoms with van der Waals surface area (Å²) in [4.78, 5) is 26.4. The first-order valence-electron chi connectivity index (χ1n) is 4.97. The van der Waals surface area contributed by atoms with E-state index in [9.17, 15) is 9.59 Å². The van der Waals surface area contributed by atoms with E-state index < -0.39 is 0 Å². The first-order valence-corrected chi connectivity index (χ1v) is 6.14. The highest BCUT2D eigenvalue weighted by Crippen LogP contribution is 2.23. The summed E-state index contributed by atoms with van der Waals surface area (Å²) in [5, 5.41) is 0.381. The highest BCUT2D eigenvalue weighted by molar-refractivity contribution is 9.10. The molecule has 0 aliphatic carbocycles. The maximum Gasteiger partial charge on any atom is 0.257 e. The minimum atomic E-state index is -0.222. The van der Waals surface area contributed by atoms with Crippen LogP contribution in [0.1, 0.15) is 10.4 Å². The van der Waals surface area contributed by atoms with Crippen molar-refractivity contribution in [2.75, 3.05) is 20.3 Å². The molecule has 0 atom stereocenters. The van der Waals surface area contributed by atoms with Crippen molar-refractivity contribution >= 4 is 39.3 Å². The van der Waals surface area contributed by atoms with Crippen LogP contribution in [0.2, 0.25) is 5.02 Å². The van der Waals surface area contributed by atoms with E-state index in [4.69, 9.17) is 11.6 Å². The Morgan fingerprint density at radius 3 is 2.71 bits per heavy atom. The number of carbonyl (C=O) groups is 2. The van der Waals surface area contributed by atoms with E-state index in [-0.39, 0.29) is 18.4 Å². The van der Waals surface area contributed by atoms with Crippen LogP contribution in [0.25, 0.3) is 0 Å². The van der Waals surface area contributed by atoms with Crippen molar-refractivity contribution in [2.45, 2.75) is 0 Å². The zero-order valence-corrected chi connectivity index (χ0v) is 11.5. The van der Waals surface area contributed by atoms with Crippen LogP contribution >= 0.6 is 27.5 Å². The van der Waals surface area contributed by atoms with Gasteiger partial charge in [-0.15, -0.1) is 0 Å². The number of rotatable bonds is 1. The fourth-order valence-corrected chi connectivity index (χ4v) is 2.39. The highest BCUT2D eigenvalue weighted by Gasteiger charge is 2.29. The van der Waals surface area contributed by atoms with E-state index in [2.05, 4.69) is 15.9 Å². The predicted molar refractivity (Wildman–Crippen MR) is 67.8 cm³/mol. The third-order valence-electron chi connectivity index (χ3n) is 2.58. The number of nitrogens with zero attached hydrogens (tertiary/aromatic N) is 2. The van der Waals surface area contributed by atoms with Gasteiger partial charge in [0.15, 0.2) is 0 Å². The smallest absolute Gasteiger partial charge is 0.257 e. The molecule has 90 valence electrons. The molecule has 2 amide bonds. The molecule has 1 saturated heterocycles. The molecule has 1 aromatic rings. The van der Waals surface area contributed by atoms with E-state index in [1.807, 2.05) is 0 Å². The summed E-state index contributed by atoms with van der Waals surface area (Å²) in [6.07, 6.45) is 0. The minimum absolute atomic E-state index is 0.0633. The van der Waals surface area contributed by atoms with Crippen molar-refractivity contribution < 1.29 is 9.59 Å². The summed E-state index contributed by atoms with van der Waals surface area (Å²) >= 11 is 9.28. The Kier molecular flexibility index (Phi) is 3.40. The molecule has 0 N–H and O–H groups in total. The van der Waals surface area contributed by atoms with Gasteiger partial charge >= 0.3 is 0 Å². The van der Waals surface area contributed by atoms with E-state index in [0.717, 1.165) is 4.47 Å². The van der Waals surface area contributed by atoms with Gasteiger partial charge in [0.05, 0.1) is 17.3 Å². The Morgan fingerprint density at radius 1 is 1.47 bits per heavy atom. The zero-order chi connectivity index (χ0) is 12.6. The van der Waals surface area contributed by atoms with Gasteiger partial charge < -0.3 is 9.80 Å². The number of amides is 2. The van der Waals surface area contributed by atoms with Crippen LogP contribution in [0.4, 0.5) is 0 Å². The number of hydrogen-bond donors (Lipinski definition) is 0. The van der Waals surface area contributed by atoms with Gasteiger partial charge in [-0.1, -0.05) is 27.5 Å². The molecule has 0 saturated carbocycles. The number of benzene rings is 1. The summed E-state index contributed by atoms with van der Waals surface area (Å²) < 4.78 is 0.814. The highest BCUT2D eigenvalue weighted by atomic mass is 79.9. The second kappa shape index (κ2) is 4.66. The van der Waals surface area contributed by atoms with Gasteiger partial charge in [0, 0.05) is 11.5 Å². The summed E-state index contributed by atoms with van der Waals surface area (Å²) in [7, 11) is 1.67. The molecule has 0 bridgehead atoms. The molecule has 1 aromatic carbocycles. The third kappa shape index (κ3) is 2.45. The lowest BCUT2D eigenvalue weighted by Crippen LogP contribution is -2.30. The average molecular weight is 318 g/mol. The Bertz CT molecular complexity index is 492. The van der Waals surface area contributed by atoms with Crippen LogP contribution in [-0.4, -0.2) is 41.9 Å². The van der Waals surface area contributed by atoms with Crippen LogP contribution in [-0.2, 0) is 4.79 Å². The molecule has 1 aliphatic heterocycles. The van der Waals surface area contributed by atoms with Gasteiger partial charge in [-0.2, -0.15) is 0 Å². The van der Waals surface area contributed by atoms with E-state index in [1.165, 1.54) is 9.80 Å². The molecule has 1 fully saturated rings. The second-order valence-electron chi connectivity index (χ2n) is 3.86. The van der Waals surface area contributed by atoms with Crippen molar-refractivity contribution in [2.24, 2.45) is 0 Å². The van der Waals surface area contributed by atoms with Crippen LogP contribution in [0, 0.1) is 0 Å². The van der Waals surface area contributed by atoms with Crippen LogP contribution in [0.5, 0.6) is 0 Å². The van der Waals surface area contributed by atoms with E-state index in [0.29, 0.717) is 17.3 Å². The summed E-state index contributed by atoms with van der Waals surface area (Å²) in [5.41, 5.74) is 0.415. The van der Waals surface area contributed by atoms with Crippen molar-refractivity contribution in [3.05, 3.63) is 33.3 Å². The van der Waals surface area contributed by atoms with Gasteiger partial charge in [0.2, 0.25) is 5.91 Å². The third-order valence-corrected chi connectivity index (χ3v) is 3.39. The molecular formula is C11H10BrClN2O2. The lowest BCUT2D eigenvalue weighted by Gasteiger charge is -2.15. The fourth-order valence-electron chi connectivity index (χ4n) is 1.64.